The van der Waals surface area contributed by atoms with Gasteiger partial charge in [0, 0.05) is 29.7 Å². The topological polar surface area (TPSA) is 172 Å². The average Bonchev–Trinajstić information content (AvgIpc) is 3.61. The van der Waals surface area contributed by atoms with E-state index >= 15 is 8.42 Å². The lowest BCUT2D eigenvalue weighted by molar-refractivity contribution is 0.0139. The average molecular weight is 931 g/mol. The van der Waals surface area contributed by atoms with Crippen LogP contribution in [0.3, 0.4) is 0 Å². The molecule has 0 aliphatic carbocycles. The number of carbonyl (C=O) groups excluding carboxylic acids is 1. The molecule has 1 fully saturated rings. The van der Waals surface area contributed by atoms with Crippen molar-refractivity contribution >= 4 is 48.5 Å². The van der Waals surface area contributed by atoms with Gasteiger partial charge >= 0.3 is 6.09 Å². The predicted octanol–water partition coefficient (Wildman–Crippen LogP) is 5.80. The van der Waals surface area contributed by atoms with E-state index in [4.69, 9.17) is 18.9 Å². The Labute approximate surface area is 346 Å². The lowest BCUT2D eigenvalue weighted by Crippen LogP contribution is -2.57. The third-order valence-corrected chi connectivity index (χ3v) is 14.2. The summed E-state index contributed by atoms with van der Waals surface area (Å²) in [5.74, 6) is 1.86. The summed E-state index contributed by atoms with van der Waals surface area (Å²) < 4.78 is 85.0. The van der Waals surface area contributed by atoms with Gasteiger partial charge in [-0.05, 0) is 119 Å². The molecular weight excluding hydrogens is 887 g/mol. The first kappa shape index (κ1) is 41.8. The van der Waals surface area contributed by atoms with E-state index in [1.54, 1.807) is 88.5 Å². The molecular formula is C39H43IN6O9S2. The number of ether oxygens (including phenoxy) is 4. The summed E-state index contributed by atoms with van der Waals surface area (Å²) in [7, 11) is -4.52. The van der Waals surface area contributed by atoms with Gasteiger partial charge in [-0.2, -0.15) is 4.31 Å². The Bertz CT molecular complexity index is 2380. The normalized spacial score (nSPS) is 13.6. The second-order valence-corrected chi connectivity index (χ2v) is 19.5. The monoisotopic (exact) mass is 930 g/mol. The second-order valence-electron chi connectivity index (χ2n) is 14.3. The summed E-state index contributed by atoms with van der Waals surface area (Å²) >= 11 is 1.98. The van der Waals surface area contributed by atoms with Crippen LogP contribution in [-0.2, 0) is 44.2 Å². The maximum absolute atomic E-state index is 15.6. The maximum Gasteiger partial charge on any atom is 0.410 e. The van der Waals surface area contributed by atoms with Gasteiger partial charge in [-0.1, -0.05) is 36.4 Å². The Morgan fingerprint density at radius 1 is 0.772 bits per heavy atom. The van der Waals surface area contributed by atoms with Gasteiger partial charge in [-0.15, -0.1) is 5.10 Å². The van der Waals surface area contributed by atoms with Gasteiger partial charge in [0.1, 0.15) is 33.0 Å². The standard InChI is InChI=1S/C39H43IN6O9S2/c1-39(2,3)55-38(47)44-24-32(25-44)56(48,49)34-20-19-33(40)35(37-41-42-43-46(37)23-28-11-17-31(54-6)18-12-28)36(34)57(50,51)45(21-26-7-13-29(52-4)14-8-26)22-27-9-15-30(53-5)16-10-27/h7-20,32H,21-25H2,1-6H3. The van der Waals surface area contributed by atoms with Crippen LogP contribution >= 0.6 is 22.6 Å². The highest BCUT2D eigenvalue weighted by Crippen LogP contribution is 2.40. The van der Waals surface area contributed by atoms with Crippen molar-refractivity contribution in [3.8, 4) is 28.6 Å². The van der Waals surface area contributed by atoms with Crippen LogP contribution in [0.4, 0.5) is 4.79 Å². The number of methoxy groups -OCH3 is 3. The van der Waals surface area contributed by atoms with Crippen LogP contribution in [-0.4, -0.2) is 97.6 Å². The van der Waals surface area contributed by atoms with E-state index in [0.717, 1.165) is 5.56 Å². The van der Waals surface area contributed by atoms with Crippen molar-refractivity contribution in [3.05, 3.63) is 105 Å². The molecule has 5 aromatic rings. The Morgan fingerprint density at radius 3 is 1.74 bits per heavy atom. The van der Waals surface area contributed by atoms with Crippen LogP contribution < -0.4 is 14.2 Å². The molecule has 1 aliphatic heterocycles. The van der Waals surface area contributed by atoms with E-state index in [-0.39, 0.29) is 44.1 Å². The van der Waals surface area contributed by atoms with E-state index < -0.39 is 46.6 Å². The summed E-state index contributed by atoms with van der Waals surface area (Å²) in [6.45, 7) is 4.65. The molecule has 1 saturated heterocycles. The van der Waals surface area contributed by atoms with Crippen molar-refractivity contribution < 1.29 is 40.6 Å². The number of tetrazole rings is 1. The summed E-state index contributed by atoms with van der Waals surface area (Å²) in [5.41, 5.74) is 1.26. The summed E-state index contributed by atoms with van der Waals surface area (Å²) in [6, 6.07) is 23.9. The van der Waals surface area contributed by atoms with E-state index in [1.807, 2.05) is 34.7 Å². The molecule has 6 rings (SSSR count). The number of aromatic nitrogens is 4. The number of likely N-dealkylation sites (tertiary alicyclic amines) is 1. The second kappa shape index (κ2) is 17.0. The summed E-state index contributed by atoms with van der Waals surface area (Å²) in [6.07, 6.45) is -0.659. The maximum atomic E-state index is 15.6. The number of sulfone groups is 1. The van der Waals surface area contributed by atoms with E-state index in [0.29, 0.717) is 31.9 Å². The molecule has 2 heterocycles. The van der Waals surface area contributed by atoms with Crippen molar-refractivity contribution in [1.82, 2.24) is 29.4 Å². The molecule has 0 bridgehead atoms. The third kappa shape index (κ3) is 9.34. The zero-order chi connectivity index (χ0) is 41.1. The van der Waals surface area contributed by atoms with Crippen molar-refractivity contribution in [2.45, 2.75) is 61.0 Å². The van der Waals surface area contributed by atoms with Crippen LogP contribution in [0.1, 0.15) is 37.5 Å². The Kier molecular flexibility index (Phi) is 12.5. The van der Waals surface area contributed by atoms with E-state index in [9.17, 15) is 13.2 Å². The van der Waals surface area contributed by atoms with Crippen molar-refractivity contribution in [2.75, 3.05) is 34.4 Å². The molecule has 57 heavy (non-hydrogen) atoms. The van der Waals surface area contributed by atoms with Gasteiger partial charge in [0.15, 0.2) is 15.7 Å². The number of sulfonamides is 1. The van der Waals surface area contributed by atoms with Crippen molar-refractivity contribution in [3.63, 3.8) is 0 Å². The first-order valence-corrected chi connectivity index (χ1v) is 21.8. The van der Waals surface area contributed by atoms with Gasteiger partial charge in [0.2, 0.25) is 10.0 Å². The zero-order valence-electron chi connectivity index (χ0n) is 32.2. The number of rotatable bonds is 14. The fraction of sp³-hybridized carbons (Fsp3) is 0.333. The molecule has 0 N–H and O–H groups in total. The molecule has 302 valence electrons. The highest BCUT2D eigenvalue weighted by Gasteiger charge is 2.46. The summed E-state index contributed by atoms with van der Waals surface area (Å²) in [4.78, 5) is 13.2. The molecule has 1 aliphatic rings. The van der Waals surface area contributed by atoms with Crippen molar-refractivity contribution in [1.29, 1.82) is 0 Å². The number of amides is 1. The number of carbonyl (C=O) groups is 1. The minimum atomic E-state index is -4.74. The van der Waals surface area contributed by atoms with Crippen LogP contribution in [0.5, 0.6) is 17.2 Å². The molecule has 1 aromatic heterocycles. The van der Waals surface area contributed by atoms with Gasteiger partial charge in [0.05, 0.1) is 38.3 Å². The lowest BCUT2D eigenvalue weighted by atomic mass is 10.2. The van der Waals surface area contributed by atoms with Gasteiger partial charge in [-0.25, -0.2) is 26.3 Å². The quantitative estimate of drug-likeness (QED) is 0.123. The number of hydrogen-bond acceptors (Lipinski definition) is 12. The largest absolute Gasteiger partial charge is 0.497 e. The highest BCUT2D eigenvalue weighted by atomic mass is 127. The minimum absolute atomic E-state index is 0.0213. The molecule has 15 nitrogen and oxygen atoms in total. The molecule has 0 unspecified atom stereocenters. The molecule has 0 radical (unpaired) electrons. The minimum Gasteiger partial charge on any atom is -0.497 e. The third-order valence-electron chi connectivity index (χ3n) is 9.20. The van der Waals surface area contributed by atoms with Gasteiger partial charge in [0.25, 0.3) is 0 Å². The zero-order valence-corrected chi connectivity index (χ0v) is 36.0. The van der Waals surface area contributed by atoms with E-state index in [2.05, 4.69) is 15.5 Å². The molecule has 1 amide bonds. The van der Waals surface area contributed by atoms with Gasteiger partial charge < -0.3 is 23.8 Å². The van der Waals surface area contributed by atoms with Crippen LogP contribution in [0.15, 0.2) is 94.7 Å². The predicted molar refractivity (Wildman–Crippen MR) is 219 cm³/mol. The molecule has 18 heteroatoms. The molecule has 0 atom stereocenters. The van der Waals surface area contributed by atoms with Crippen molar-refractivity contribution in [2.24, 2.45) is 0 Å². The van der Waals surface area contributed by atoms with Gasteiger partial charge in [-0.3, -0.25) is 0 Å². The SMILES string of the molecule is COc1ccc(CN(Cc2ccc(OC)cc2)S(=O)(=O)c2c(S(=O)(=O)C3CN(C(=O)OC(C)(C)C)C3)ccc(I)c2-c2nnnn2Cc2ccc(OC)cc2)cc1. The summed E-state index contributed by atoms with van der Waals surface area (Å²) in [5, 5.41) is 11.3. The first-order chi connectivity index (χ1) is 27.0. The Balaban J connectivity index is 1.51. The smallest absolute Gasteiger partial charge is 0.410 e. The van der Waals surface area contributed by atoms with Crippen LogP contribution in [0.25, 0.3) is 11.4 Å². The first-order valence-electron chi connectivity index (χ1n) is 17.7. The van der Waals surface area contributed by atoms with Crippen LogP contribution in [0, 0.1) is 3.57 Å². The highest BCUT2D eigenvalue weighted by molar-refractivity contribution is 14.1. The Morgan fingerprint density at radius 2 is 1.26 bits per heavy atom. The number of benzene rings is 4. The fourth-order valence-corrected chi connectivity index (χ4v) is 11.1. The Hall–Kier alpha value is -4.79. The molecule has 4 aromatic carbocycles. The number of halogens is 1. The van der Waals surface area contributed by atoms with Crippen LogP contribution in [0.2, 0.25) is 0 Å². The van der Waals surface area contributed by atoms with E-state index in [1.165, 1.54) is 40.2 Å². The molecule has 0 spiro atoms. The number of nitrogens with zero attached hydrogens (tertiary/aromatic N) is 6. The fourth-order valence-electron chi connectivity index (χ4n) is 6.14. The molecule has 0 saturated carbocycles. The lowest BCUT2D eigenvalue weighted by Gasteiger charge is -2.39. The number of hydrogen-bond donors (Lipinski definition) is 0.